The van der Waals surface area contributed by atoms with Crippen LogP contribution < -0.4 is 11.2 Å². The van der Waals surface area contributed by atoms with Crippen molar-refractivity contribution in [3.05, 3.63) is 23.7 Å². The molecule has 1 aromatic rings. The van der Waals surface area contributed by atoms with Crippen molar-refractivity contribution in [3.8, 4) is 0 Å². The van der Waals surface area contributed by atoms with Gasteiger partial charge in [0.15, 0.2) is 0 Å². The minimum atomic E-state index is -0.390. The number of hydrazine groups is 1. The third kappa shape index (κ3) is 3.73. The van der Waals surface area contributed by atoms with Crippen LogP contribution in [0, 0.1) is 6.92 Å². The zero-order valence-corrected chi connectivity index (χ0v) is 9.28. The molecule has 1 atom stereocenters. The average Bonchev–Trinajstić information content (AvgIpc) is 2.49. The topological polar surface area (TPSA) is 71.5 Å². The van der Waals surface area contributed by atoms with Crippen LogP contribution in [0.15, 0.2) is 16.5 Å². The molecule has 0 bridgehead atoms. The lowest BCUT2D eigenvalue weighted by molar-refractivity contribution is -0.125. The number of rotatable bonds is 4. The summed E-state index contributed by atoms with van der Waals surface area (Å²) in [5.41, 5.74) is 8.43. The Morgan fingerprint density at radius 2 is 2.27 bits per heavy atom. The van der Waals surface area contributed by atoms with E-state index >= 15 is 0 Å². The van der Waals surface area contributed by atoms with Crippen LogP contribution in [0.5, 0.6) is 0 Å². The zero-order chi connectivity index (χ0) is 11.4. The van der Waals surface area contributed by atoms with Crippen LogP contribution in [0.2, 0.25) is 0 Å². The number of nitrogens with two attached hydrogens (primary N) is 1. The van der Waals surface area contributed by atoms with Gasteiger partial charge in [-0.3, -0.25) is 10.2 Å². The van der Waals surface area contributed by atoms with Crippen LogP contribution in [-0.4, -0.2) is 25.0 Å². The molecule has 0 radical (unpaired) electrons. The minimum absolute atomic E-state index is 0.124. The van der Waals surface area contributed by atoms with Gasteiger partial charge in [0, 0.05) is 14.1 Å². The summed E-state index contributed by atoms with van der Waals surface area (Å²) in [5, 5.41) is 1.59. The van der Waals surface area contributed by atoms with Crippen LogP contribution in [0.1, 0.15) is 24.0 Å². The maximum Gasteiger partial charge on any atom is 0.236 e. The van der Waals surface area contributed by atoms with Crippen molar-refractivity contribution in [1.29, 1.82) is 0 Å². The van der Waals surface area contributed by atoms with Gasteiger partial charge < -0.3 is 10.2 Å². The number of nitrogens with one attached hydrogen (secondary N) is 1. The number of furan rings is 1. The molecule has 15 heavy (non-hydrogen) atoms. The summed E-state index contributed by atoms with van der Waals surface area (Å²) in [4.78, 5) is 11.4. The Kier molecular flexibility index (Phi) is 3.88. The molecular formula is C10H17N3O2. The number of carbonyl (C=O) groups is 1. The van der Waals surface area contributed by atoms with Crippen molar-refractivity contribution in [2.75, 3.05) is 14.1 Å². The summed E-state index contributed by atoms with van der Waals surface area (Å²) in [6.07, 6.45) is 0.213. The van der Waals surface area contributed by atoms with Crippen molar-refractivity contribution in [3.63, 3.8) is 0 Å². The Labute approximate surface area is 89.2 Å². The third-order valence-electron chi connectivity index (χ3n) is 1.88. The summed E-state index contributed by atoms with van der Waals surface area (Å²) in [5.74, 6) is 1.32. The highest BCUT2D eigenvalue weighted by Gasteiger charge is 2.14. The largest absolute Gasteiger partial charge is 0.465 e. The highest BCUT2D eigenvalue weighted by atomic mass is 16.3. The van der Waals surface area contributed by atoms with Crippen LogP contribution in [-0.2, 0) is 4.79 Å². The second kappa shape index (κ2) is 4.95. The van der Waals surface area contributed by atoms with Gasteiger partial charge in [0.05, 0.1) is 12.5 Å². The fourth-order valence-corrected chi connectivity index (χ4v) is 1.25. The molecule has 3 N–H and O–H groups in total. The second-order valence-electron chi connectivity index (χ2n) is 3.69. The number of hydrogen-bond donors (Lipinski definition) is 2. The molecule has 1 heterocycles. The lowest BCUT2D eigenvalue weighted by Gasteiger charge is -2.13. The molecular weight excluding hydrogens is 194 g/mol. The van der Waals surface area contributed by atoms with Crippen molar-refractivity contribution in [2.45, 2.75) is 19.4 Å². The minimum Gasteiger partial charge on any atom is -0.465 e. The predicted octanol–water partition coefficient (Wildman–Crippen LogP) is 0.571. The summed E-state index contributed by atoms with van der Waals surface area (Å²) in [6.45, 7) is 1.84. The first-order valence-corrected chi connectivity index (χ1v) is 4.77. The molecule has 1 unspecified atom stereocenters. The fraction of sp³-hybridized carbons (Fsp3) is 0.500. The van der Waals surface area contributed by atoms with Gasteiger partial charge in [0.25, 0.3) is 0 Å². The first-order valence-electron chi connectivity index (χ1n) is 4.77. The third-order valence-corrected chi connectivity index (χ3v) is 1.88. The molecule has 5 heteroatoms. The Morgan fingerprint density at radius 1 is 1.60 bits per heavy atom. The summed E-state index contributed by atoms with van der Waals surface area (Å²) < 4.78 is 5.33. The summed E-state index contributed by atoms with van der Waals surface area (Å²) in [7, 11) is 3.50. The van der Waals surface area contributed by atoms with E-state index in [0.717, 1.165) is 5.76 Å². The summed E-state index contributed by atoms with van der Waals surface area (Å²) >= 11 is 0. The standard InChI is InChI=1S/C10H17N3O2/c1-7-4-5-9(15-7)8(11)6-10(14)12-13(2)3/h4-5,8H,6,11H2,1-3H3,(H,12,14). The molecule has 0 aromatic carbocycles. The van der Waals surface area contributed by atoms with E-state index in [4.69, 9.17) is 10.2 Å². The molecule has 0 aliphatic heterocycles. The van der Waals surface area contributed by atoms with E-state index in [-0.39, 0.29) is 12.3 Å². The van der Waals surface area contributed by atoms with Gasteiger partial charge in [0.1, 0.15) is 11.5 Å². The van der Waals surface area contributed by atoms with Crippen LogP contribution in [0.4, 0.5) is 0 Å². The van der Waals surface area contributed by atoms with Crippen molar-refractivity contribution < 1.29 is 9.21 Å². The molecule has 84 valence electrons. The van der Waals surface area contributed by atoms with E-state index in [0.29, 0.717) is 5.76 Å². The Morgan fingerprint density at radius 3 is 2.73 bits per heavy atom. The SMILES string of the molecule is Cc1ccc(C(N)CC(=O)NN(C)C)o1. The Hall–Kier alpha value is -1.33. The predicted molar refractivity (Wildman–Crippen MR) is 56.8 cm³/mol. The van der Waals surface area contributed by atoms with Gasteiger partial charge in [-0.25, -0.2) is 5.01 Å². The maximum atomic E-state index is 11.4. The van der Waals surface area contributed by atoms with Gasteiger partial charge in [-0.1, -0.05) is 0 Å². The lowest BCUT2D eigenvalue weighted by atomic mass is 10.1. The van der Waals surface area contributed by atoms with Gasteiger partial charge in [-0.05, 0) is 19.1 Å². The van der Waals surface area contributed by atoms with E-state index in [9.17, 15) is 4.79 Å². The Balaban J connectivity index is 2.48. The van der Waals surface area contributed by atoms with Crippen LogP contribution in [0.25, 0.3) is 0 Å². The van der Waals surface area contributed by atoms with Crippen LogP contribution in [0.3, 0.4) is 0 Å². The molecule has 0 spiro atoms. The van der Waals surface area contributed by atoms with Crippen molar-refractivity contribution in [1.82, 2.24) is 10.4 Å². The molecule has 0 aliphatic carbocycles. The summed E-state index contributed by atoms with van der Waals surface area (Å²) in [6, 6.07) is 3.24. The van der Waals surface area contributed by atoms with E-state index in [1.54, 1.807) is 25.2 Å². The number of aryl methyl sites for hydroxylation is 1. The molecule has 1 rings (SSSR count). The first-order chi connectivity index (χ1) is 6.99. The van der Waals surface area contributed by atoms with E-state index in [2.05, 4.69) is 5.43 Å². The van der Waals surface area contributed by atoms with E-state index in [1.807, 2.05) is 13.0 Å². The lowest BCUT2D eigenvalue weighted by Crippen LogP contribution is -2.37. The highest BCUT2D eigenvalue weighted by Crippen LogP contribution is 2.16. The molecule has 0 fully saturated rings. The molecule has 1 aromatic heterocycles. The van der Waals surface area contributed by atoms with Gasteiger partial charge in [0.2, 0.25) is 5.91 Å². The molecule has 0 saturated carbocycles. The molecule has 0 aliphatic rings. The molecule has 1 amide bonds. The monoisotopic (exact) mass is 211 g/mol. The number of nitrogens with zero attached hydrogens (tertiary/aromatic N) is 1. The second-order valence-corrected chi connectivity index (χ2v) is 3.69. The Bertz CT molecular complexity index is 333. The number of amides is 1. The normalized spacial score (nSPS) is 12.9. The average molecular weight is 211 g/mol. The van der Waals surface area contributed by atoms with E-state index in [1.165, 1.54) is 0 Å². The van der Waals surface area contributed by atoms with Crippen LogP contribution >= 0.6 is 0 Å². The van der Waals surface area contributed by atoms with Crippen molar-refractivity contribution >= 4 is 5.91 Å². The smallest absolute Gasteiger partial charge is 0.236 e. The van der Waals surface area contributed by atoms with E-state index < -0.39 is 6.04 Å². The van der Waals surface area contributed by atoms with Gasteiger partial charge in [-0.2, -0.15) is 0 Å². The van der Waals surface area contributed by atoms with Crippen molar-refractivity contribution in [2.24, 2.45) is 5.73 Å². The number of hydrogen-bond acceptors (Lipinski definition) is 4. The highest BCUT2D eigenvalue weighted by molar-refractivity contribution is 5.76. The van der Waals surface area contributed by atoms with Gasteiger partial charge >= 0.3 is 0 Å². The fourth-order valence-electron chi connectivity index (χ4n) is 1.25. The number of carbonyl (C=O) groups excluding carboxylic acids is 1. The van der Waals surface area contributed by atoms with Gasteiger partial charge in [-0.15, -0.1) is 0 Å². The first kappa shape index (κ1) is 11.7. The molecule has 5 nitrogen and oxygen atoms in total. The molecule has 0 saturated heterocycles. The maximum absolute atomic E-state index is 11.4. The quantitative estimate of drug-likeness (QED) is 0.714. The zero-order valence-electron chi connectivity index (χ0n) is 9.28.